The number of carbonyl (C=O) groups is 2. The summed E-state index contributed by atoms with van der Waals surface area (Å²) in [5.41, 5.74) is 0. The average Bonchev–Trinajstić information content (AvgIpc) is 3.09. The van der Waals surface area contributed by atoms with Gasteiger partial charge in [-0.2, -0.15) is 0 Å². The first-order valence-electron chi connectivity index (χ1n) is 15.0. The van der Waals surface area contributed by atoms with Crippen LogP contribution in [0.1, 0.15) is 0 Å². The molecule has 47 heavy (non-hydrogen) atoms. The fraction of sp³-hybridized carbons (Fsp3) is 0.211. The van der Waals surface area contributed by atoms with Crippen LogP contribution in [0, 0.1) is 0 Å². The summed E-state index contributed by atoms with van der Waals surface area (Å²) in [6, 6.07) is 22.6. The molecule has 0 radical (unpaired) electrons. The van der Waals surface area contributed by atoms with Crippen molar-refractivity contribution < 1.29 is 42.7 Å². The highest BCUT2D eigenvalue weighted by molar-refractivity contribution is 6.11. The van der Waals surface area contributed by atoms with Gasteiger partial charge >= 0.3 is 11.9 Å². The van der Waals surface area contributed by atoms with Gasteiger partial charge in [-0.05, 0) is 30.3 Å². The molecule has 0 heterocycles. The highest BCUT2D eigenvalue weighted by atomic mass is 16.6. The van der Waals surface area contributed by atoms with Crippen LogP contribution in [0.3, 0.4) is 0 Å². The number of rotatable bonds is 20. The Morgan fingerprint density at radius 1 is 0.574 bits per heavy atom. The second-order valence-corrected chi connectivity index (χ2v) is 10.1. The third-order valence-corrected chi connectivity index (χ3v) is 6.68. The molecule has 0 bridgehead atoms. The molecule has 2 atom stereocenters. The first-order chi connectivity index (χ1) is 23.0. The van der Waals surface area contributed by atoms with Gasteiger partial charge < -0.3 is 33.2 Å². The molecule has 9 heteroatoms. The van der Waals surface area contributed by atoms with Crippen molar-refractivity contribution >= 4 is 33.5 Å². The van der Waals surface area contributed by atoms with Gasteiger partial charge in [0, 0.05) is 33.7 Å². The molecule has 244 valence electrons. The van der Waals surface area contributed by atoms with Gasteiger partial charge in [0.25, 0.3) is 0 Å². The quantitative estimate of drug-likeness (QED) is 0.0329. The molecule has 0 saturated heterocycles. The van der Waals surface area contributed by atoms with Crippen LogP contribution >= 0.6 is 0 Å². The Bertz CT molecular complexity index is 1700. The molecule has 0 amide bonds. The van der Waals surface area contributed by atoms with Crippen LogP contribution in [0.5, 0.6) is 23.0 Å². The van der Waals surface area contributed by atoms with Gasteiger partial charge in [-0.3, -0.25) is 0 Å². The summed E-state index contributed by atoms with van der Waals surface area (Å²) >= 11 is 0. The maximum absolute atomic E-state index is 12.1. The van der Waals surface area contributed by atoms with E-state index in [1.807, 2.05) is 72.8 Å². The van der Waals surface area contributed by atoms with Crippen molar-refractivity contribution in [2.75, 3.05) is 39.6 Å². The summed E-state index contributed by atoms with van der Waals surface area (Å²) in [7, 11) is 0. The third-order valence-electron chi connectivity index (χ3n) is 6.68. The number of hydrogen-bond donors (Lipinski definition) is 0. The fourth-order valence-electron chi connectivity index (χ4n) is 4.65. The molecule has 4 aromatic rings. The lowest BCUT2D eigenvalue weighted by molar-refractivity contribution is -0.148. The highest BCUT2D eigenvalue weighted by Crippen LogP contribution is 2.44. The normalized spacial score (nSPS) is 12.0. The van der Waals surface area contributed by atoms with Crippen LogP contribution in [0.4, 0.5) is 0 Å². The van der Waals surface area contributed by atoms with Gasteiger partial charge in [-0.1, -0.05) is 67.8 Å². The summed E-state index contributed by atoms with van der Waals surface area (Å²) in [5.74, 6) is 1.10. The molecule has 0 spiro atoms. The van der Waals surface area contributed by atoms with E-state index in [-0.39, 0.29) is 39.6 Å². The molecule has 0 N–H and O–H groups in total. The maximum Gasteiger partial charge on any atom is 0.330 e. The second-order valence-electron chi connectivity index (χ2n) is 10.1. The van der Waals surface area contributed by atoms with Crippen LogP contribution in [-0.2, 0) is 28.5 Å². The van der Waals surface area contributed by atoms with Gasteiger partial charge in [-0.25, -0.2) is 9.59 Å². The Morgan fingerprint density at radius 3 is 1.57 bits per heavy atom. The molecular weight excluding hydrogens is 600 g/mol. The van der Waals surface area contributed by atoms with Gasteiger partial charge in [0.1, 0.15) is 36.2 Å². The van der Waals surface area contributed by atoms with Crippen LogP contribution in [0.15, 0.2) is 123 Å². The molecule has 0 saturated carbocycles. The molecular formula is C38H38O9. The van der Waals surface area contributed by atoms with Crippen molar-refractivity contribution in [1.29, 1.82) is 0 Å². The third kappa shape index (κ3) is 9.80. The van der Waals surface area contributed by atoms with E-state index in [0.717, 1.165) is 22.9 Å². The SMILES string of the molecule is C=CCOCC(COc1c2ccccc2c(OCC(COCC=C)OC(=O)C=C)c2cc(Oc3ccccc3)ccc12)OC(=O)C=C. The topological polar surface area (TPSA) is 98.8 Å². The standard InChI is InChI=1S/C38H38O9/c1-5-20-41-23-29(46-35(39)7-3)25-43-37-31-16-12-13-17-32(31)38(44-26-30(24-42-21-6-2)47-36(40)8-4)34-22-28(18-19-33(34)37)45-27-14-10-9-11-15-27/h5-19,22,29-30H,1-4,20-21,23-26H2. The van der Waals surface area contributed by atoms with Gasteiger partial charge in [0.05, 0.1) is 26.4 Å². The summed E-state index contributed by atoms with van der Waals surface area (Å²) in [6.45, 7) is 15.0. The highest BCUT2D eigenvalue weighted by Gasteiger charge is 2.22. The number of benzene rings is 4. The lowest BCUT2D eigenvalue weighted by Crippen LogP contribution is -2.29. The van der Waals surface area contributed by atoms with E-state index in [4.69, 9.17) is 33.2 Å². The number of esters is 2. The summed E-state index contributed by atoms with van der Waals surface area (Å²) in [4.78, 5) is 24.2. The smallest absolute Gasteiger partial charge is 0.330 e. The van der Waals surface area contributed by atoms with Crippen LogP contribution < -0.4 is 14.2 Å². The summed E-state index contributed by atoms with van der Waals surface area (Å²) in [5, 5.41) is 2.86. The Morgan fingerprint density at radius 2 is 1.06 bits per heavy atom. The predicted molar refractivity (Wildman–Crippen MR) is 181 cm³/mol. The van der Waals surface area contributed by atoms with E-state index in [0.29, 0.717) is 33.8 Å². The zero-order chi connectivity index (χ0) is 33.4. The number of hydrogen-bond acceptors (Lipinski definition) is 9. The minimum Gasteiger partial charge on any atom is -0.488 e. The van der Waals surface area contributed by atoms with E-state index in [1.165, 1.54) is 0 Å². The minimum atomic E-state index is -0.732. The molecule has 4 rings (SSSR count). The summed E-state index contributed by atoms with van der Waals surface area (Å²) < 4.78 is 41.2. The molecule has 0 aliphatic heterocycles. The maximum atomic E-state index is 12.1. The van der Waals surface area contributed by atoms with Gasteiger partial charge in [0.15, 0.2) is 12.2 Å². The number of fused-ring (bicyclic) bond motifs is 2. The zero-order valence-electron chi connectivity index (χ0n) is 26.1. The Kier molecular flexibility index (Phi) is 13.2. The lowest BCUT2D eigenvalue weighted by Gasteiger charge is -2.23. The second kappa shape index (κ2) is 17.9. The molecule has 4 aromatic carbocycles. The van der Waals surface area contributed by atoms with Crippen LogP contribution in [0.25, 0.3) is 21.5 Å². The van der Waals surface area contributed by atoms with Crippen LogP contribution in [-0.4, -0.2) is 63.8 Å². The van der Waals surface area contributed by atoms with Crippen molar-refractivity contribution in [2.24, 2.45) is 0 Å². The fourth-order valence-corrected chi connectivity index (χ4v) is 4.65. The zero-order valence-corrected chi connectivity index (χ0v) is 26.1. The van der Waals surface area contributed by atoms with E-state index in [9.17, 15) is 9.59 Å². The Labute approximate surface area is 274 Å². The van der Waals surface area contributed by atoms with Crippen molar-refractivity contribution in [3.05, 3.63) is 123 Å². The molecule has 2 unspecified atom stereocenters. The molecule has 0 aliphatic carbocycles. The first-order valence-corrected chi connectivity index (χ1v) is 15.0. The van der Waals surface area contributed by atoms with E-state index in [2.05, 4.69) is 26.3 Å². The lowest BCUT2D eigenvalue weighted by atomic mass is 10.00. The Balaban J connectivity index is 1.77. The number of ether oxygens (including phenoxy) is 7. The average molecular weight is 639 g/mol. The largest absolute Gasteiger partial charge is 0.488 e. The van der Waals surface area contributed by atoms with Crippen LogP contribution in [0.2, 0.25) is 0 Å². The van der Waals surface area contributed by atoms with Gasteiger partial charge in [-0.15, -0.1) is 13.2 Å². The van der Waals surface area contributed by atoms with E-state index in [1.54, 1.807) is 12.2 Å². The van der Waals surface area contributed by atoms with Gasteiger partial charge in [0.2, 0.25) is 0 Å². The van der Waals surface area contributed by atoms with Crippen molar-refractivity contribution in [1.82, 2.24) is 0 Å². The number of para-hydroxylation sites is 1. The minimum absolute atomic E-state index is 0.00148. The monoisotopic (exact) mass is 638 g/mol. The molecule has 0 aromatic heterocycles. The van der Waals surface area contributed by atoms with Crippen molar-refractivity contribution in [3.8, 4) is 23.0 Å². The molecule has 9 nitrogen and oxygen atoms in total. The van der Waals surface area contributed by atoms with Crippen molar-refractivity contribution in [2.45, 2.75) is 12.2 Å². The van der Waals surface area contributed by atoms with Crippen molar-refractivity contribution in [3.63, 3.8) is 0 Å². The van der Waals surface area contributed by atoms with E-state index >= 15 is 0 Å². The predicted octanol–water partition coefficient (Wildman–Crippen LogP) is 7.14. The molecule has 0 fully saturated rings. The van der Waals surface area contributed by atoms with E-state index < -0.39 is 24.1 Å². The summed E-state index contributed by atoms with van der Waals surface area (Å²) in [6.07, 6.45) is 3.94. The first kappa shape index (κ1) is 34.5. The number of carbonyl (C=O) groups excluding carboxylic acids is 2. The Hall–Kier alpha value is -5.38. The molecule has 0 aliphatic rings.